The molecule has 41 heavy (non-hydrogen) atoms. The second-order valence-corrected chi connectivity index (χ2v) is 11.7. The quantitative estimate of drug-likeness (QED) is 0.523. The SMILES string of the molecule is COc1ccc(CN2C(=O)CCN(c3ccc(N4CC(N5CCN(C(=O)OC(C)(C)C)CC5)C4)c(F)c3)C2=O)cc1. The van der Waals surface area contributed by atoms with Gasteiger partial charge in [0.15, 0.2) is 0 Å². The molecule has 0 aromatic heterocycles. The van der Waals surface area contributed by atoms with E-state index in [2.05, 4.69) is 4.90 Å². The maximum Gasteiger partial charge on any atom is 0.410 e. The topological polar surface area (TPSA) is 85.9 Å². The molecule has 4 amide bonds. The molecular formula is C30H38FN5O5. The number of methoxy groups -OCH3 is 1. The predicted molar refractivity (Wildman–Crippen MR) is 153 cm³/mol. The third kappa shape index (κ3) is 6.40. The zero-order chi connectivity index (χ0) is 29.3. The number of carbonyl (C=O) groups excluding carboxylic acids is 3. The molecule has 3 aliphatic heterocycles. The highest BCUT2D eigenvalue weighted by molar-refractivity contribution is 6.05. The number of rotatable bonds is 6. The molecule has 10 nitrogen and oxygen atoms in total. The third-order valence-electron chi connectivity index (χ3n) is 7.74. The first-order chi connectivity index (χ1) is 19.5. The van der Waals surface area contributed by atoms with E-state index in [-0.39, 0.29) is 37.6 Å². The molecule has 3 saturated heterocycles. The summed E-state index contributed by atoms with van der Waals surface area (Å²) in [6, 6.07) is 11.8. The lowest BCUT2D eigenvalue weighted by molar-refractivity contribution is -0.129. The number of imide groups is 1. The Bertz CT molecular complexity index is 1280. The van der Waals surface area contributed by atoms with Crippen LogP contribution in [0.2, 0.25) is 0 Å². The molecular weight excluding hydrogens is 529 g/mol. The van der Waals surface area contributed by atoms with Crippen molar-refractivity contribution in [3.8, 4) is 5.75 Å². The lowest BCUT2D eigenvalue weighted by Crippen LogP contribution is -2.63. The molecule has 3 heterocycles. The third-order valence-corrected chi connectivity index (χ3v) is 7.74. The van der Waals surface area contributed by atoms with Gasteiger partial charge in [-0.25, -0.2) is 14.0 Å². The van der Waals surface area contributed by atoms with Crippen molar-refractivity contribution in [3.05, 3.63) is 53.8 Å². The van der Waals surface area contributed by atoms with Gasteiger partial charge in [-0.05, 0) is 56.7 Å². The molecule has 0 N–H and O–H groups in total. The van der Waals surface area contributed by atoms with E-state index < -0.39 is 17.4 Å². The standard InChI is InChI=1S/C30H38FN5O5/c1-30(2,3)41-29(39)33-15-13-32(14-16-33)23-19-34(20-23)26-10-7-22(17-25(26)31)35-12-11-27(37)36(28(35)38)18-21-5-8-24(40-4)9-6-21/h5-10,17,23H,11-16,18-20H2,1-4H3. The van der Waals surface area contributed by atoms with Crippen molar-refractivity contribution in [2.75, 3.05) is 62.7 Å². The summed E-state index contributed by atoms with van der Waals surface area (Å²) in [5.74, 6) is 0.0383. The van der Waals surface area contributed by atoms with E-state index in [0.29, 0.717) is 43.3 Å². The second-order valence-electron chi connectivity index (χ2n) is 11.7. The smallest absolute Gasteiger partial charge is 0.410 e. The van der Waals surface area contributed by atoms with Crippen LogP contribution >= 0.6 is 0 Å². The fraction of sp³-hybridized carbons (Fsp3) is 0.500. The Kier molecular flexibility index (Phi) is 8.08. The van der Waals surface area contributed by atoms with Crippen LogP contribution < -0.4 is 14.5 Å². The number of hydrogen-bond donors (Lipinski definition) is 0. The van der Waals surface area contributed by atoms with E-state index >= 15 is 4.39 Å². The number of urea groups is 1. The molecule has 0 aliphatic carbocycles. The molecule has 0 saturated carbocycles. The molecule has 0 atom stereocenters. The lowest BCUT2D eigenvalue weighted by Gasteiger charge is -2.49. The van der Waals surface area contributed by atoms with Gasteiger partial charge in [0.25, 0.3) is 0 Å². The molecule has 0 radical (unpaired) electrons. The number of benzene rings is 2. The minimum Gasteiger partial charge on any atom is -0.497 e. The fourth-order valence-electron chi connectivity index (χ4n) is 5.40. The first-order valence-electron chi connectivity index (χ1n) is 14.0. The van der Waals surface area contributed by atoms with E-state index in [1.165, 1.54) is 15.9 Å². The Labute approximate surface area is 240 Å². The number of ether oxygens (including phenoxy) is 2. The van der Waals surface area contributed by atoms with Gasteiger partial charge in [-0.2, -0.15) is 0 Å². The molecule has 5 rings (SSSR count). The number of amides is 4. The Hall–Kier alpha value is -3.86. The van der Waals surface area contributed by atoms with Crippen molar-refractivity contribution in [2.45, 2.75) is 45.4 Å². The van der Waals surface area contributed by atoms with E-state index in [9.17, 15) is 14.4 Å². The number of hydrogen-bond acceptors (Lipinski definition) is 7. The maximum atomic E-state index is 15.3. The predicted octanol–water partition coefficient (Wildman–Crippen LogP) is 3.93. The van der Waals surface area contributed by atoms with Crippen LogP contribution in [0.5, 0.6) is 5.75 Å². The normalized spacial score (nSPS) is 19.0. The molecule has 3 aliphatic rings. The Morgan fingerprint density at radius 2 is 1.66 bits per heavy atom. The van der Waals surface area contributed by atoms with Gasteiger partial charge >= 0.3 is 12.1 Å². The second kappa shape index (κ2) is 11.6. The molecule has 0 unspecified atom stereocenters. The van der Waals surface area contributed by atoms with Gasteiger partial charge in [0, 0.05) is 64.0 Å². The fourth-order valence-corrected chi connectivity index (χ4v) is 5.40. The number of carbonyl (C=O) groups is 3. The Morgan fingerprint density at radius 1 is 0.976 bits per heavy atom. The van der Waals surface area contributed by atoms with Crippen LogP contribution in [-0.4, -0.2) is 97.3 Å². The van der Waals surface area contributed by atoms with Crippen LogP contribution in [0.3, 0.4) is 0 Å². The van der Waals surface area contributed by atoms with Gasteiger partial charge < -0.3 is 19.3 Å². The van der Waals surface area contributed by atoms with Crippen LogP contribution in [0.25, 0.3) is 0 Å². The average Bonchev–Trinajstić information content (AvgIpc) is 2.91. The number of anilines is 2. The summed E-state index contributed by atoms with van der Waals surface area (Å²) in [4.78, 5) is 46.9. The molecule has 11 heteroatoms. The van der Waals surface area contributed by atoms with Crippen molar-refractivity contribution < 1.29 is 28.2 Å². The minimum atomic E-state index is -0.516. The van der Waals surface area contributed by atoms with E-state index in [4.69, 9.17) is 9.47 Å². The van der Waals surface area contributed by atoms with Gasteiger partial charge in [0.05, 0.1) is 19.3 Å². The summed E-state index contributed by atoms with van der Waals surface area (Å²) in [7, 11) is 1.58. The van der Waals surface area contributed by atoms with Gasteiger partial charge in [-0.1, -0.05) is 12.1 Å². The van der Waals surface area contributed by atoms with Crippen molar-refractivity contribution in [1.29, 1.82) is 0 Å². The highest BCUT2D eigenvalue weighted by Gasteiger charge is 2.37. The van der Waals surface area contributed by atoms with Crippen molar-refractivity contribution in [2.24, 2.45) is 0 Å². The van der Waals surface area contributed by atoms with Crippen LogP contribution in [-0.2, 0) is 16.1 Å². The van der Waals surface area contributed by atoms with Crippen LogP contribution in [0.1, 0.15) is 32.8 Å². The van der Waals surface area contributed by atoms with Crippen LogP contribution in [0.15, 0.2) is 42.5 Å². The van der Waals surface area contributed by atoms with Gasteiger partial charge in [0.2, 0.25) is 5.91 Å². The molecule has 0 spiro atoms. The largest absolute Gasteiger partial charge is 0.497 e. The molecule has 0 bridgehead atoms. The van der Waals surface area contributed by atoms with Crippen LogP contribution in [0, 0.1) is 5.82 Å². The zero-order valence-corrected chi connectivity index (χ0v) is 24.1. The summed E-state index contributed by atoms with van der Waals surface area (Å²) in [5.41, 5.74) is 1.21. The highest BCUT2D eigenvalue weighted by atomic mass is 19.1. The molecule has 2 aromatic rings. The summed E-state index contributed by atoms with van der Waals surface area (Å²) in [6.45, 7) is 10.0. The van der Waals surface area contributed by atoms with E-state index in [1.54, 1.807) is 36.3 Å². The summed E-state index contributed by atoms with van der Waals surface area (Å²) >= 11 is 0. The van der Waals surface area contributed by atoms with Crippen molar-refractivity contribution in [1.82, 2.24) is 14.7 Å². The Morgan fingerprint density at radius 3 is 2.27 bits per heavy atom. The lowest BCUT2D eigenvalue weighted by atomic mass is 10.0. The summed E-state index contributed by atoms with van der Waals surface area (Å²) < 4.78 is 25.9. The first kappa shape index (κ1) is 28.7. The average molecular weight is 568 g/mol. The first-order valence-corrected chi connectivity index (χ1v) is 14.0. The summed E-state index contributed by atoms with van der Waals surface area (Å²) in [6.07, 6.45) is -0.116. The van der Waals surface area contributed by atoms with Gasteiger partial charge in [0.1, 0.15) is 17.2 Å². The molecule has 2 aromatic carbocycles. The Balaban J connectivity index is 1.16. The van der Waals surface area contributed by atoms with E-state index in [1.807, 2.05) is 37.8 Å². The van der Waals surface area contributed by atoms with Crippen molar-refractivity contribution in [3.63, 3.8) is 0 Å². The number of nitrogens with zero attached hydrogens (tertiary/aromatic N) is 5. The van der Waals surface area contributed by atoms with Gasteiger partial charge in [-0.3, -0.25) is 19.5 Å². The van der Waals surface area contributed by atoms with Gasteiger partial charge in [-0.15, -0.1) is 0 Å². The van der Waals surface area contributed by atoms with E-state index in [0.717, 1.165) is 18.7 Å². The zero-order valence-electron chi connectivity index (χ0n) is 24.1. The minimum absolute atomic E-state index is 0.139. The number of piperazine rings is 1. The van der Waals surface area contributed by atoms with Crippen molar-refractivity contribution >= 4 is 29.4 Å². The maximum absolute atomic E-state index is 15.3. The molecule has 220 valence electrons. The molecule has 3 fully saturated rings. The summed E-state index contributed by atoms with van der Waals surface area (Å²) in [5, 5.41) is 0. The highest BCUT2D eigenvalue weighted by Crippen LogP contribution is 2.31. The van der Waals surface area contributed by atoms with Crippen LogP contribution in [0.4, 0.5) is 25.4 Å². The number of halogens is 1. The monoisotopic (exact) mass is 567 g/mol.